The van der Waals surface area contributed by atoms with E-state index in [2.05, 4.69) is 28.7 Å². The topological polar surface area (TPSA) is 44.0 Å². The van der Waals surface area contributed by atoms with Crippen LogP contribution in [0, 0.1) is 21.8 Å². The van der Waals surface area contributed by atoms with Crippen LogP contribution in [0.5, 0.6) is 0 Å². The number of hydrogen-bond donors (Lipinski definition) is 1. The van der Waals surface area contributed by atoms with E-state index in [4.69, 9.17) is 10.4 Å². The summed E-state index contributed by atoms with van der Waals surface area (Å²) in [7, 11) is 0. The van der Waals surface area contributed by atoms with Gasteiger partial charge in [0.05, 0.1) is 12.2 Å². The number of halogens is 1. The van der Waals surface area contributed by atoms with Crippen LogP contribution in [0.15, 0.2) is 12.1 Å². The maximum absolute atomic E-state index is 8.92. The third kappa shape index (κ3) is 1.76. The molecule has 0 bridgehead atoms. The molecule has 0 heterocycles. The Hall–Kier alpha value is -0.600. The number of aliphatic hydroxyl groups is 1. The summed E-state index contributed by atoms with van der Waals surface area (Å²) in [4.78, 5) is 0. The Balaban J connectivity index is 3.28. The van der Waals surface area contributed by atoms with Crippen molar-refractivity contribution in [1.82, 2.24) is 0 Å². The first kappa shape index (κ1) is 9.49. The number of aliphatic hydroxyl groups excluding tert-OH is 1. The van der Waals surface area contributed by atoms with Crippen molar-refractivity contribution in [3.8, 4) is 6.07 Å². The van der Waals surface area contributed by atoms with Crippen LogP contribution in [0.2, 0.25) is 0 Å². The van der Waals surface area contributed by atoms with Crippen LogP contribution in [0.4, 0.5) is 0 Å². The average molecular weight is 273 g/mol. The fourth-order valence-electron chi connectivity index (χ4n) is 0.979. The second kappa shape index (κ2) is 3.87. The van der Waals surface area contributed by atoms with Gasteiger partial charge in [-0.2, -0.15) is 5.26 Å². The molecule has 0 amide bonds. The quantitative estimate of drug-likeness (QED) is 0.795. The predicted octanol–water partition coefficient (Wildman–Crippen LogP) is 1.96. The lowest BCUT2D eigenvalue weighted by molar-refractivity contribution is 0.281. The number of nitriles is 1. The number of rotatable bonds is 1. The zero-order valence-electron chi connectivity index (χ0n) is 6.63. The molecule has 0 saturated carbocycles. The van der Waals surface area contributed by atoms with Gasteiger partial charge in [-0.15, -0.1) is 0 Å². The van der Waals surface area contributed by atoms with Crippen molar-refractivity contribution in [3.63, 3.8) is 0 Å². The fraction of sp³-hybridized carbons (Fsp3) is 0.222. The van der Waals surface area contributed by atoms with E-state index < -0.39 is 0 Å². The molecule has 12 heavy (non-hydrogen) atoms. The van der Waals surface area contributed by atoms with Crippen LogP contribution in [-0.2, 0) is 6.61 Å². The lowest BCUT2D eigenvalue weighted by Crippen LogP contribution is -1.92. The van der Waals surface area contributed by atoms with Gasteiger partial charge in [0, 0.05) is 3.57 Å². The van der Waals surface area contributed by atoms with Gasteiger partial charge in [0.25, 0.3) is 0 Å². The number of aryl methyl sites for hydroxylation is 1. The Kier molecular flexibility index (Phi) is 3.06. The van der Waals surface area contributed by atoms with Gasteiger partial charge < -0.3 is 5.11 Å². The highest BCUT2D eigenvalue weighted by molar-refractivity contribution is 14.1. The zero-order chi connectivity index (χ0) is 9.14. The van der Waals surface area contributed by atoms with Crippen molar-refractivity contribution in [2.75, 3.05) is 0 Å². The largest absolute Gasteiger partial charge is 0.392 e. The molecule has 3 heteroatoms. The minimum absolute atomic E-state index is 0.0353. The van der Waals surface area contributed by atoms with E-state index in [0.717, 1.165) is 14.7 Å². The first-order valence-corrected chi connectivity index (χ1v) is 4.57. The summed E-state index contributed by atoms with van der Waals surface area (Å²) in [6.07, 6.45) is 0. The predicted molar refractivity (Wildman–Crippen MR) is 54.5 cm³/mol. The molecule has 0 unspecified atom stereocenters. The van der Waals surface area contributed by atoms with Gasteiger partial charge in [0.1, 0.15) is 6.07 Å². The molecular formula is C9H8INO. The molecule has 1 aromatic carbocycles. The van der Waals surface area contributed by atoms with Crippen molar-refractivity contribution in [3.05, 3.63) is 32.4 Å². The van der Waals surface area contributed by atoms with E-state index in [1.807, 2.05) is 13.0 Å². The summed E-state index contributed by atoms with van der Waals surface area (Å²) < 4.78 is 0.893. The van der Waals surface area contributed by atoms with Crippen LogP contribution in [0.3, 0.4) is 0 Å². The van der Waals surface area contributed by atoms with Crippen molar-refractivity contribution >= 4 is 22.6 Å². The van der Waals surface area contributed by atoms with Crippen LogP contribution in [0.1, 0.15) is 16.7 Å². The van der Waals surface area contributed by atoms with Crippen LogP contribution < -0.4 is 0 Å². The summed E-state index contributed by atoms with van der Waals surface area (Å²) in [5.41, 5.74) is 2.53. The molecule has 1 aromatic rings. The van der Waals surface area contributed by atoms with E-state index in [9.17, 15) is 0 Å². The highest BCUT2D eigenvalue weighted by Crippen LogP contribution is 2.17. The van der Waals surface area contributed by atoms with Gasteiger partial charge in [-0.3, -0.25) is 0 Å². The second-order valence-corrected chi connectivity index (χ2v) is 3.69. The van der Waals surface area contributed by atoms with Crippen molar-refractivity contribution in [1.29, 1.82) is 5.26 Å². The smallest absolute Gasteiger partial charge is 0.100 e. The Bertz CT molecular complexity index is 340. The van der Waals surface area contributed by atoms with Gasteiger partial charge in [0.2, 0.25) is 0 Å². The molecule has 0 aliphatic rings. The average Bonchev–Trinajstić information content (AvgIpc) is 2.08. The SMILES string of the molecule is Cc1cc(C#N)c(I)cc1CO. The number of nitrogens with zero attached hydrogens (tertiary/aromatic N) is 1. The number of hydrogen-bond acceptors (Lipinski definition) is 2. The minimum Gasteiger partial charge on any atom is -0.392 e. The molecule has 0 aromatic heterocycles. The third-order valence-electron chi connectivity index (χ3n) is 1.72. The van der Waals surface area contributed by atoms with E-state index >= 15 is 0 Å². The molecule has 2 nitrogen and oxygen atoms in total. The maximum Gasteiger partial charge on any atom is 0.100 e. The van der Waals surface area contributed by atoms with Crippen molar-refractivity contribution < 1.29 is 5.11 Å². The molecule has 1 N–H and O–H groups in total. The van der Waals surface area contributed by atoms with Gasteiger partial charge in [0.15, 0.2) is 0 Å². The minimum atomic E-state index is 0.0353. The lowest BCUT2D eigenvalue weighted by atomic mass is 10.1. The summed E-state index contributed by atoms with van der Waals surface area (Å²) >= 11 is 2.09. The fourth-order valence-corrected chi connectivity index (χ4v) is 1.63. The van der Waals surface area contributed by atoms with E-state index in [1.54, 1.807) is 6.07 Å². The highest BCUT2D eigenvalue weighted by Gasteiger charge is 2.03. The highest BCUT2D eigenvalue weighted by atomic mass is 127. The molecule has 0 radical (unpaired) electrons. The molecular weight excluding hydrogens is 265 g/mol. The molecule has 0 aliphatic carbocycles. The standard InChI is InChI=1S/C9H8INO/c1-6-2-7(4-11)9(10)3-8(6)5-12/h2-3,12H,5H2,1H3. The first-order chi connectivity index (χ1) is 5.69. The summed E-state index contributed by atoms with van der Waals surface area (Å²) in [6.45, 7) is 1.93. The van der Waals surface area contributed by atoms with Crippen molar-refractivity contribution in [2.24, 2.45) is 0 Å². The van der Waals surface area contributed by atoms with E-state index in [1.165, 1.54) is 0 Å². The van der Waals surface area contributed by atoms with Gasteiger partial charge in [-0.25, -0.2) is 0 Å². The monoisotopic (exact) mass is 273 g/mol. The molecule has 1 rings (SSSR count). The Morgan fingerprint density at radius 2 is 2.25 bits per heavy atom. The normalized spacial score (nSPS) is 9.50. The van der Waals surface area contributed by atoms with E-state index in [0.29, 0.717) is 5.56 Å². The molecule has 62 valence electrons. The summed E-state index contributed by atoms with van der Waals surface area (Å²) in [5.74, 6) is 0. The molecule has 0 spiro atoms. The lowest BCUT2D eigenvalue weighted by Gasteiger charge is -2.03. The Morgan fingerprint density at radius 1 is 1.58 bits per heavy atom. The maximum atomic E-state index is 8.92. The number of benzene rings is 1. The summed E-state index contributed by atoms with van der Waals surface area (Å²) in [6, 6.07) is 5.74. The van der Waals surface area contributed by atoms with Crippen LogP contribution >= 0.6 is 22.6 Å². The zero-order valence-corrected chi connectivity index (χ0v) is 8.79. The van der Waals surface area contributed by atoms with Crippen LogP contribution in [-0.4, -0.2) is 5.11 Å². The van der Waals surface area contributed by atoms with Crippen LogP contribution in [0.25, 0.3) is 0 Å². The van der Waals surface area contributed by atoms with Gasteiger partial charge >= 0.3 is 0 Å². The van der Waals surface area contributed by atoms with Gasteiger partial charge in [-0.05, 0) is 52.8 Å². The Morgan fingerprint density at radius 3 is 2.75 bits per heavy atom. The molecule has 0 aliphatic heterocycles. The third-order valence-corrected chi connectivity index (χ3v) is 2.61. The van der Waals surface area contributed by atoms with E-state index in [-0.39, 0.29) is 6.61 Å². The Labute approximate surface area is 85.0 Å². The van der Waals surface area contributed by atoms with Gasteiger partial charge in [-0.1, -0.05) is 0 Å². The summed E-state index contributed by atoms with van der Waals surface area (Å²) in [5, 5.41) is 17.6. The van der Waals surface area contributed by atoms with Crippen molar-refractivity contribution in [2.45, 2.75) is 13.5 Å². The second-order valence-electron chi connectivity index (χ2n) is 2.53. The molecule has 0 saturated heterocycles. The first-order valence-electron chi connectivity index (χ1n) is 3.49. The molecule has 0 atom stereocenters. The molecule has 0 fully saturated rings.